The van der Waals surface area contributed by atoms with Crippen LogP contribution in [-0.4, -0.2) is 50.1 Å². The maximum Gasteiger partial charge on any atom is 0.225 e. The molecule has 0 bridgehead atoms. The quantitative estimate of drug-likeness (QED) is 0.727. The Morgan fingerprint density at radius 2 is 2.28 bits per heavy atom. The number of carbonyl (C=O) groups excluding carboxylic acids is 2. The minimum Gasteiger partial charge on any atom is -0.383 e. The molecule has 1 heterocycles. The highest BCUT2D eigenvalue weighted by atomic mass is 16.5. The van der Waals surface area contributed by atoms with Crippen LogP contribution in [0.4, 0.5) is 0 Å². The molecule has 0 aliphatic carbocycles. The van der Waals surface area contributed by atoms with E-state index < -0.39 is 0 Å². The Morgan fingerprint density at radius 3 is 2.89 bits per heavy atom. The average molecular weight is 256 g/mol. The van der Waals surface area contributed by atoms with Gasteiger partial charge in [-0.05, 0) is 12.3 Å². The van der Waals surface area contributed by atoms with Crippen molar-refractivity contribution in [2.45, 2.75) is 26.7 Å². The Hall–Kier alpha value is -1.10. The van der Waals surface area contributed by atoms with Crippen LogP contribution in [0.15, 0.2) is 0 Å². The van der Waals surface area contributed by atoms with Crippen molar-refractivity contribution in [3.63, 3.8) is 0 Å². The van der Waals surface area contributed by atoms with Gasteiger partial charge in [0.25, 0.3) is 0 Å². The predicted octanol–water partition coefficient (Wildman–Crippen LogP) is 0.644. The van der Waals surface area contributed by atoms with Gasteiger partial charge in [-0.2, -0.15) is 0 Å². The first kappa shape index (κ1) is 15.0. The molecule has 0 saturated carbocycles. The number of nitrogens with one attached hydrogen (secondary N) is 1. The Kier molecular flexibility index (Phi) is 6.12. The Labute approximate surface area is 109 Å². The number of ether oxygens (including phenoxy) is 1. The van der Waals surface area contributed by atoms with E-state index in [-0.39, 0.29) is 17.7 Å². The number of hydrogen-bond acceptors (Lipinski definition) is 3. The van der Waals surface area contributed by atoms with Crippen LogP contribution < -0.4 is 5.32 Å². The first-order valence-corrected chi connectivity index (χ1v) is 6.59. The van der Waals surface area contributed by atoms with Crippen LogP contribution in [0.25, 0.3) is 0 Å². The summed E-state index contributed by atoms with van der Waals surface area (Å²) < 4.78 is 4.94. The molecule has 0 radical (unpaired) electrons. The van der Waals surface area contributed by atoms with Gasteiger partial charge in [0, 0.05) is 33.2 Å². The van der Waals surface area contributed by atoms with Crippen molar-refractivity contribution in [1.82, 2.24) is 10.2 Å². The average Bonchev–Trinajstić information content (AvgIpc) is 2.67. The van der Waals surface area contributed by atoms with E-state index in [1.54, 1.807) is 12.0 Å². The topological polar surface area (TPSA) is 58.6 Å². The van der Waals surface area contributed by atoms with Gasteiger partial charge in [0.1, 0.15) is 0 Å². The fourth-order valence-corrected chi connectivity index (χ4v) is 1.99. The van der Waals surface area contributed by atoms with Gasteiger partial charge in [0.05, 0.1) is 12.5 Å². The summed E-state index contributed by atoms with van der Waals surface area (Å²) >= 11 is 0. The molecule has 5 nitrogen and oxygen atoms in total. The van der Waals surface area contributed by atoms with Crippen LogP contribution in [0.1, 0.15) is 26.7 Å². The standard InChI is InChI=1S/C13H24N2O3/c1-10(2)4-5-14-13(17)11-8-12(16)15(9-11)6-7-18-3/h10-11H,4-9H2,1-3H3,(H,14,17). The highest BCUT2D eigenvalue weighted by Crippen LogP contribution is 2.17. The molecule has 0 aromatic rings. The van der Waals surface area contributed by atoms with E-state index in [0.29, 0.717) is 38.6 Å². The number of methoxy groups -OCH3 is 1. The van der Waals surface area contributed by atoms with Crippen molar-refractivity contribution in [2.24, 2.45) is 11.8 Å². The first-order valence-electron chi connectivity index (χ1n) is 6.59. The molecule has 2 amide bonds. The van der Waals surface area contributed by atoms with Crippen molar-refractivity contribution in [3.8, 4) is 0 Å². The van der Waals surface area contributed by atoms with Gasteiger partial charge in [-0.15, -0.1) is 0 Å². The first-order chi connectivity index (χ1) is 8.54. The van der Waals surface area contributed by atoms with Crippen LogP contribution in [-0.2, 0) is 14.3 Å². The summed E-state index contributed by atoms with van der Waals surface area (Å²) in [5, 5.41) is 2.90. The highest BCUT2D eigenvalue weighted by Gasteiger charge is 2.33. The van der Waals surface area contributed by atoms with Crippen LogP contribution in [0.5, 0.6) is 0 Å². The molecular weight excluding hydrogens is 232 g/mol. The van der Waals surface area contributed by atoms with Gasteiger partial charge in [0.15, 0.2) is 0 Å². The third kappa shape index (κ3) is 4.64. The van der Waals surface area contributed by atoms with E-state index in [9.17, 15) is 9.59 Å². The molecular formula is C13H24N2O3. The third-order valence-corrected chi connectivity index (χ3v) is 3.17. The van der Waals surface area contributed by atoms with Gasteiger partial charge in [0.2, 0.25) is 11.8 Å². The molecule has 0 aromatic carbocycles. The monoisotopic (exact) mass is 256 g/mol. The zero-order valence-electron chi connectivity index (χ0n) is 11.6. The predicted molar refractivity (Wildman–Crippen MR) is 69.0 cm³/mol. The fraction of sp³-hybridized carbons (Fsp3) is 0.846. The summed E-state index contributed by atoms with van der Waals surface area (Å²) in [5.74, 6) is 0.440. The number of likely N-dealkylation sites (tertiary alicyclic amines) is 1. The normalized spacial score (nSPS) is 19.7. The second-order valence-corrected chi connectivity index (χ2v) is 5.21. The summed E-state index contributed by atoms with van der Waals surface area (Å²) in [5.41, 5.74) is 0. The minimum absolute atomic E-state index is 0.00363. The molecule has 1 aliphatic rings. The third-order valence-electron chi connectivity index (χ3n) is 3.17. The van der Waals surface area contributed by atoms with Gasteiger partial charge in [-0.25, -0.2) is 0 Å². The van der Waals surface area contributed by atoms with Gasteiger partial charge in [-0.1, -0.05) is 13.8 Å². The number of amides is 2. The molecule has 1 rings (SSSR count). The van der Waals surface area contributed by atoms with Crippen molar-refractivity contribution in [1.29, 1.82) is 0 Å². The lowest BCUT2D eigenvalue weighted by Gasteiger charge is -2.16. The van der Waals surface area contributed by atoms with Crippen LogP contribution in [0, 0.1) is 11.8 Å². The fourth-order valence-electron chi connectivity index (χ4n) is 1.99. The summed E-state index contributed by atoms with van der Waals surface area (Å²) in [7, 11) is 1.61. The van der Waals surface area contributed by atoms with Crippen molar-refractivity contribution < 1.29 is 14.3 Å². The number of carbonyl (C=O) groups is 2. The van der Waals surface area contributed by atoms with E-state index in [2.05, 4.69) is 19.2 Å². The van der Waals surface area contributed by atoms with Crippen molar-refractivity contribution in [2.75, 3.05) is 33.4 Å². The van der Waals surface area contributed by atoms with E-state index in [4.69, 9.17) is 4.74 Å². The smallest absolute Gasteiger partial charge is 0.225 e. The molecule has 5 heteroatoms. The van der Waals surface area contributed by atoms with E-state index in [1.807, 2.05) is 0 Å². The van der Waals surface area contributed by atoms with E-state index in [0.717, 1.165) is 6.42 Å². The maximum atomic E-state index is 11.9. The molecule has 1 N–H and O–H groups in total. The lowest BCUT2D eigenvalue weighted by atomic mass is 10.1. The van der Waals surface area contributed by atoms with Crippen molar-refractivity contribution >= 4 is 11.8 Å². The van der Waals surface area contributed by atoms with Crippen LogP contribution in [0.2, 0.25) is 0 Å². The molecule has 18 heavy (non-hydrogen) atoms. The Morgan fingerprint density at radius 1 is 1.56 bits per heavy atom. The summed E-state index contributed by atoms with van der Waals surface area (Å²) in [6.45, 7) is 6.56. The molecule has 1 fully saturated rings. The second kappa shape index (κ2) is 7.36. The highest BCUT2D eigenvalue weighted by molar-refractivity contribution is 5.89. The molecule has 1 saturated heterocycles. The maximum absolute atomic E-state index is 11.9. The van der Waals surface area contributed by atoms with Gasteiger partial charge < -0.3 is 15.0 Å². The molecule has 1 aliphatic heterocycles. The van der Waals surface area contributed by atoms with E-state index >= 15 is 0 Å². The second-order valence-electron chi connectivity index (χ2n) is 5.21. The summed E-state index contributed by atoms with van der Waals surface area (Å²) in [4.78, 5) is 25.2. The molecule has 0 aromatic heterocycles. The van der Waals surface area contributed by atoms with Gasteiger partial charge >= 0.3 is 0 Å². The summed E-state index contributed by atoms with van der Waals surface area (Å²) in [6.07, 6.45) is 1.30. The number of nitrogens with zero attached hydrogens (tertiary/aromatic N) is 1. The number of hydrogen-bond donors (Lipinski definition) is 1. The molecule has 1 unspecified atom stereocenters. The van der Waals surface area contributed by atoms with Crippen molar-refractivity contribution in [3.05, 3.63) is 0 Å². The van der Waals surface area contributed by atoms with Crippen LogP contribution in [0.3, 0.4) is 0 Å². The Bertz CT molecular complexity index is 292. The minimum atomic E-state index is -0.193. The van der Waals surface area contributed by atoms with Gasteiger partial charge in [-0.3, -0.25) is 9.59 Å². The number of rotatable bonds is 7. The Balaban J connectivity index is 2.30. The zero-order valence-corrected chi connectivity index (χ0v) is 11.6. The zero-order chi connectivity index (χ0) is 13.5. The molecule has 0 spiro atoms. The van der Waals surface area contributed by atoms with E-state index in [1.165, 1.54) is 0 Å². The lowest BCUT2D eigenvalue weighted by molar-refractivity contribution is -0.129. The summed E-state index contributed by atoms with van der Waals surface area (Å²) in [6, 6.07) is 0. The molecule has 1 atom stereocenters. The SMILES string of the molecule is COCCN1CC(C(=O)NCCC(C)C)CC1=O. The molecule has 104 valence electrons. The van der Waals surface area contributed by atoms with Crippen LogP contribution >= 0.6 is 0 Å². The lowest BCUT2D eigenvalue weighted by Crippen LogP contribution is -2.34. The largest absolute Gasteiger partial charge is 0.383 e.